The van der Waals surface area contributed by atoms with Crippen molar-refractivity contribution in [1.29, 1.82) is 0 Å². The van der Waals surface area contributed by atoms with Crippen LogP contribution in [0.4, 0.5) is 0 Å². The first-order valence-corrected chi connectivity index (χ1v) is 6.01. The molecule has 2 N–H and O–H groups in total. The van der Waals surface area contributed by atoms with E-state index >= 15 is 0 Å². The number of aliphatic hydroxyl groups is 1. The Balaban J connectivity index is 2.28. The van der Waals surface area contributed by atoms with Gasteiger partial charge in [-0.1, -0.05) is 13.8 Å². The van der Waals surface area contributed by atoms with Crippen LogP contribution < -0.4 is 5.32 Å². The molecule has 1 aliphatic rings. The van der Waals surface area contributed by atoms with Crippen LogP contribution in [0.25, 0.3) is 0 Å². The Morgan fingerprint density at radius 3 is 2.88 bits per heavy atom. The summed E-state index contributed by atoms with van der Waals surface area (Å²) in [6.07, 6.45) is 2.60. The second-order valence-corrected chi connectivity index (χ2v) is 5.27. The van der Waals surface area contributed by atoms with Crippen LogP contribution in [0, 0.1) is 11.3 Å². The maximum absolute atomic E-state index is 11.8. The van der Waals surface area contributed by atoms with E-state index in [-0.39, 0.29) is 23.8 Å². The highest BCUT2D eigenvalue weighted by atomic mass is 16.5. The molecule has 1 saturated heterocycles. The van der Waals surface area contributed by atoms with Gasteiger partial charge < -0.3 is 15.2 Å². The molecule has 1 amide bonds. The van der Waals surface area contributed by atoms with Crippen molar-refractivity contribution in [2.24, 2.45) is 11.3 Å². The van der Waals surface area contributed by atoms with Gasteiger partial charge in [0.05, 0.1) is 12.5 Å². The Morgan fingerprint density at radius 2 is 2.31 bits per heavy atom. The van der Waals surface area contributed by atoms with Gasteiger partial charge in [0.25, 0.3) is 0 Å². The average molecular weight is 229 g/mol. The van der Waals surface area contributed by atoms with Crippen molar-refractivity contribution >= 4 is 5.91 Å². The van der Waals surface area contributed by atoms with E-state index < -0.39 is 0 Å². The number of amides is 1. The van der Waals surface area contributed by atoms with Crippen LogP contribution in [0.5, 0.6) is 0 Å². The van der Waals surface area contributed by atoms with Crippen LogP contribution in [0.2, 0.25) is 0 Å². The summed E-state index contributed by atoms with van der Waals surface area (Å²) < 4.78 is 5.28. The van der Waals surface area contributed by atoms with E-state index in [2.05, 4.69) is 5.32 Å². The SMILES string of the molecule is CC(C)(CCO)CNC(=O)C1CCCOC1. The quantitative estimate of drug-likeness (QED) is 0.737. The van der Waals surface area contributed by atoms with Gasteiger partial charge in [-0.05, 0) is 24.7 Å². The molecule has 0 radical (unpaired) electrons. The second kappa shape index (κ2) is 6.21. The van der Waals surface area contributed by atoms with E-state index in [4.69, 9.17) is 9.84 Å². The molecule has 0 aromatic carbocycles. The lowest BCUT2D eigenvalue weighted by atomic mass is 9.89. The molecule has 0 aliphatic carbocycles. The molecule has 0 aromatic rings. The van der Waals surface area contributed by atoms with E-state index in [1.165, 1.54) is 0 Å². The van der Waals surface area contributed by atoms with Crippen LogP contribution in [0.1, 0.15) is 33.1 Å². The van der Waals surface area contributed by atoms with E-state index in [9.17, 15) is 4.79 Å². The monoisotopic (exact) mass is 229 g/mol. The van der Waals surface area contributed by atoms with Crippen LogP contribution in [-0.4, -0.2) is 37.4 Å². The molecular weight excluding hydrogens is 206 g/mol. The lowest BCUT2D eigenvalue weighted by molar-refractivity contribution is -0.129. The number of hydrogen-bond donors (Lipinski definition) is 2. The Hall–Kier alpha value is -0.610. The minimum atomic E-state index is -0.0417. The number of carbonyl (C=O) groups excluding carboxylic acids is 1. The number of nitrogens with one attached hydrogen (secondary N) is 1. The summed E-state index contributed by atoms with van der Waals surface area (Å²) >= 11 is 0. The summed E-state index contributed by atoms with van der Waals surface area (Å²) in [4.78, 5) is 11.8. The molecule has 1 atom stereocenters. The molecule has 0 saturated carbocycles. The van der Waals surface area contributed by atoms with Crippen LogP contribution in [0.3, 0.4) is 0 Å². The number of ether oxygens (including phenoxy) is 1. The standard InChI is InChI=1S/C12H23NO3/c1-12(2,5-6-14)9-13-11(15)10-4-3-7-16-8-10/h10,14H,3-9H2,1-2H3,(H,13,15). The van der Waals surface area contributed by atoms with Crippen molar-refractivity contribution in [3.8, 4) is 0 Å². The summed E-state index contributed by atoms with van der Waals surface area (Å²) in [5, 5.41) is 11.8. The molecule has 1 rings (SSSR count). The molecule has 1 heterocycles. The van der Waals surface area contributed by atoms with Crippen LogP contribution in [-0.2, 0) is 9.53 Å². The highest BCUT2D eigenvalue weighted by Gasteiger charge is 2.24. The van der Waals surface area contributed by atoms with Gasteiger partial charge in [-0.25, -0.2) is 0 Å². The molecular formula is C12H23NO3. The van der Waals surface area contributed by atoms with E-state index in [0.717, 1.165) is 19.4 Å². The van der Waals surface area contributed by atoms with Crippen molar-refractivity contribution in [1.82, 2.24) is 5.32 Å². The third-order valence-electron chi connectivity index (χ3n) is 3.06. The van der Waals surface area contributed by atoms with Crippen molar-refractivity contribution in [2.45, 2.75) is 33.1 Å². The van der Waals surface area contributed by atoms with Gasteiger partial charge in [0.15, 0.2) is 0 Å². The summed E-state index contributed by atoms with van der Waals surface area (Å²) in [5.74, 6) is 0.101. The fourth-order valence-electron chi connectivity index (χ4n) is 1.81. The number of hydrogen-bond acceptors (Lipinski definition) is 3. The van der Waals surface area contributed by atoms with Gasteiger partial charge in [-0.15, -0.1) is 0 Å². The molecule has 1 fully saturated rings. The number of rotatable bonds is 5. The van der Waals surface area contributed by atoms with Crippen molar-refractivity contribution in [3.63, 3.8) is 0 Å². The van der Waals surface area contributed by atoms with Crippen LogP contribution in [0.15, 0.2) is 0 Å². The predicted molar refractivity (Wildman–Crippen MR) is 62.0 cm³/mol. The molecule has 0 bridgehead atoms. The molecule has 94 valence electrons. The molecule has 4 nitrogen and oxygen atoms in total. The molecule has 0 spiro atoms. The number of carbonyl (C=O) groups is 1. The smallest absolute Gasteiger partial charge is 0.225 e. The largest absolute Gasteiger partial charge is 0.396 e. The Morgan fingerprint density at radius 1 is 1.56 bits per heavy atom. The zero-order chi connectivity index (χ0) is 12.0. The van der Waals surface area contributed by atoms with Gasteiger partial charge in [0.1, 0.15) is 0 Å². The second-order valence-electron chi connectivity index (χ2n) is 5.27. The van der Waals surface area contributed by atoms with Gasteiger partial charge in [-0.3, -0.25) is 4.79 Å². The highest BCUT2D eigenvalue weighted by molar-refractivity contribution is 5.78. The first-order chi connectivity index (χ1) is 7.55. The Bertz CT molecular complexity index is 222. The van der Waals surface area contributed by atoms with Crippen molar-refractivity contribution < 1.29 is 14.6 Å². The third kappa shape index (κ3) is 4.49. The fraction of sp³-hybridized carbons (Fsp3) is 0.917. The first-order valence-electron chi connectivity index (χ1n) is 6.01. The van der Waals surface area contributed by atoms with E-state index in [1.54, 1.807) is 0 Å². The summed E-state index contributed by atoms with van der Waals surface area (Å²) in [5.41, 5.74) is -0.0417. The van der Waals surface area contributed by atoms with Gasteiger partial charge in [-0.2, -0.15) is 0 Å². The van der Waals surface area contributed by atoms with Gasteiger partial charge in [0, 0.05) is 19.8 Å². The van der Waals surface area contributed by atoms with Gasteiger partial charge in [0.2, 0.25) is 5.91 Å². The molecule has 16 heavy (non-hydrogen) atoms. The molecule has 4 heteroatoms. The lowest BCUT2D eigenvalue weighted by Crippen LogP contribution is -2.40. The van der Waals surface area contributed by atoms with Crippen molar-refractivity contribution in [3.05, 3.63) is 0 Å². The topological polar surface area (TPSA) is 58.6 Å². The minimum absolute atomic E-state index is 0.0127. The minimum Gasteiger partial charge on any atom is -0.396 e. The first kappa shape index (κ1) is 13.5. The van der Waals surface area contributed by atoms with Gasteiger partial charge >= 0.3 is 0 Å². The van der Waals surface area contributed by atoms with E-state index in [0.29, 0.717) is 19.6 Å². The average Bonchev–Trinajstić information content (AvgIpc) is 2.27. The summed E-state index contributed by atoms with van der Waals surface area (Å²) in [7, 11) is 0. The fourth-order valence-corrected chi connectivity index (χ4v) is 1.81. The Kier molecular flexibility index (Phi) is 5.22. The normalized spacial score (nSPS) is 21.8. The molecule has 1 unspecified atom stereocenters. The zero-order valence-corrected chi connectivity index (χ0v) is 10.3. The van der Waals surface area contributed by atoms with Crippen LogP contribution >= 0.6 is 0 Å². The lowest BCUT2D eigenvalue weighted by Gasteiger charge is -2.26. The number of aliphatic hydroxyl groups excluding tert-OH is 1. The summed E-state index contributed by atoms with van der Waals surface area (Å²) in [6.45, 7) is 6.19. The maximum atomic E-state index is 11.8. The summed E-state index contributed by atoms with van der Waals surface area (Å²) in [6, 6.07) is 0. The Labute approximate surface area is 97.4 Å². The molecule has 0 aromatic heterocycles. The van der Waals surface area contributed by atoms with Crippen molar-refractivity contribution in [2.75, 3.05) is 26.4 Å². The third-order valence-corrected chi connectivity index (χ3v) is 3.06. The zero-order valence-electron chi connectivity index (χ0n) is 10.3. The predicted octanol–water partition coefficient (Wildman–Crippen LogP) is 0.938. The van der Waals surface area contributed by atoms with E-state index in [1.807, 2.05) is 13.8 Å². The maximum Gasteiger partial charge on any atom is 0.225 e. The highest BCUT2D eigenvalue weighted by Crippen LogP contribution is 2.19. The molecule has 1 aliphatic heterocycles.